The Labute approximate surface area is 133 Å². The number of Topliss-reactive ketones (excluding diaryl/α,β-unsaturated/α-hetero) is 1. The third kappa shape index (κ3) is 7.89. The van der Waals surface area contributed by atoms with Crippen LogP contribution in [0, 0.1) is 5.41 Å². The highest BCUT2D eigenvalue weighted by Crippen LogP contribution is 2.19. The number of rotatable bonds is 6. The molecule has 1 atom stereocenters. The normalized spacial score (nSPS) is 12.4. The fourth-order valence-corrected chi connectivity index (χ4v) is 1.28. The largest absolute Gasteiger partial charge is 0.463 e. The van der Waals surface area contributed by atoms with Gasteiger partial charge in [0.1, 0.15) is 0 Å². The van der Waals surface area contributed by atoms with E-state index in [1.165, 1.54) is 20.8 Å². The molecule has 0 N–H and O–H groups in total. The average Bonchev–Trinajstić information content (AvgIpc) is 2.40. The van der Waals surface area contributed by atoms with Crippen LogP contribution < -0.4 is 0 Å². The van der Waals surface area contributed by atoms with Gasteiger partial charge in [0.15, 0.2) is 5.78 Å². The van der Waals surface area contributed by atoms with Gasteiger partial charge in [0.05, 0.1) is 6.61 Å². The summed E-state index contributed by atoms with van der Waals surface area (Å²) >= 11 is 0. The molecule has 0 aliphatic carbocycles. The summed E-state index contributed by atoms with van der Waals surface area (Å²) in [5, 5.41) is 0. The number of carbonyl (C=O) groups excluding carboxylic acids is 5. The first-order chi connectivity index (χ1) is 10.5. The number of hydrogen-bond donors (Lipinski definition) is 0. The molecule has 23 heavy (non-hydrogen) atoms. The van der Waals surface area contributed by atoms with Crippen LogP contribution in [-0.2, 0) is 38.2 Å². The van der Waals surface area contributed by atoms with Crippen LogP contribution in [0.3, 0.4) is 0 Å². The predicted octanol–water partition coefficient (Wildman–Crippen LogP) is 0.722. The van der Waals surface area contributed by atoms with Crippen molar-refractivity contribution in [2.45, 2.75) is 40.7 Å². The molecule has 0 radical (unpaired) electrons. The van der Waals surface area contributed by atoms with E-state index in [-0.39, 0.29) is 6.61 Å². The van der Waals surface area contributed by atoms with Crippen molar-refractivity contribution in [3.63, 3.8) is 0 Å². The van der Waals surface area contributed by atoms with Crippen molar-refractivity contribution in [3.8, 4) is 0 Å². The van der Waals surface area contributed by atoms with Gasteiger partial charge in [0, 0.05) is 24.5 Å². The molecule has 0 saturated heterocycles. The minimum atomic E-state index is -1.90. The molecule has 8 heteroatoms. The maximum absolute atomic E-state index is 12.2. The number of carbonyl (C=O) groups is 5. The van der Waals surface area contributed by atoms with Crippen molar-refractivity contribution >= 4 is 29.7 Å². The van der Waals surface area contributed by atoms with Crippen LogP contribution in [0.4, 0.5) is 0 Å². The van der Waals surface area contributed by atoms with Crippen molar-refractivity contribution in [3.05, 3.63) is 12.2 Å². The average molecular weight is 328 g/mol. The SMILES string of the molecule is CCOC(=O)C=CC(=O)OC(C(=O)OC(C)=O)C(=O)C(C)(C)C. The highest BCUT2D eigenvalue weighted by atomic mass is 16.6. The molecule has 0 fully saturated rings. The fourth-order valence-electron chi connectivity index (χ4n) is 1.28. The highest BCUT2D eigenvalue weighted by Gasteiger charge is 2.39. The van der Waals surface area contributed by atoms with E-state index >= 15 is 0 Å². The van der Waals surface area contributed by atoms with Gasteiger partial charge in [-0.05, 0) is 6.92 Å². The molecule has 1 unspecified atom stereocenters. The summed E-state index contributed by atoms with van der Waals surface area (Å²) in [6.45, 7) is 7.19. The number of hydrogen-bond acceptors (Lipinski definition) is 8. The van der Waals surface area contributed by atoms with Gasteiger partial charge in [-0.1, -0.05) is 20.8 Å². The zero-order chi connectivity index (χ0) is 18.2. The standard InChI is InChI=1S/C15H20O8/c1-6-21-10(17)7-8-11(18)23-12(13(19)15(3,4)5)14(20)22-9(2)16/h7-8,12H,6H2,1-5H3. The summed E-state index contributed by atoms with van der Waals surface area (Å²) in [5.41, 5.74) is -1.02. The van der Waals surface area contributed by atoms with Crippen LogP contribution in [0.2, 0.25) is 0 Å². The highest BCUT2D eigenvalue weighted by molar-refractivity contribution is 6.08. The van der Waals surface area contributed by atoms with Crippen LogP contribution in [0.1, 0.15) is 34.6 Å². The van der Waals surface area contributed by atoms with Gasteiger partial charge in [-0.2, -0.15) is 0 Å². The maximum Gasteiger partial charge on any atom is 0.363 e. The maximum atomic E-state index is 12.2. The van der Waals surface area contributed by atoms with Crippen molar-refractivity contribution in [1.82, 2.24) is 0 Å². The Morgan fingerprint density at radius 2 is 1.52 bits per heavy atom. The Morgan fingerprint density at radius 1 is 1.00 bits per heavy atom. The Morgan fingerprint density at radius 3 is 1.96 bits per heavy atom. The van der Waals surface area contributed by atoms with Gasteiger partial charge in [-0.25, -0.2) is 14.4 Å². The van der Waals surface area contributed by atoms with Crippen molar-refractivity contribution in [1.29, 1.82) is 0 Å². The second kappa shape index (κ2) is 8.82. The third-order valence-electron chi connectivity index (χ3n) is 2.31. The summed E-state index contributed by atoms with van der Waals surface area (Å²) in [7, 11) is 0. The van der Waals surface area contributed by atoms with Crippen molar-refractivity contribution < 1.29 is 38.2 Å². The summed E-state index contributed by atoms with van der Waals surface area (Å²) in [6.07, 6.45) is -0.402. The van der Waals surface area contributed by atoms with E-state index in [2.05, 4.69) is 9.47 Å². The van der Waals surface area contributed by atoms with Crippen LogP contribution in [0.25, 0.3) is 0 Å². The lowest BCUT2D eigenvalue weighted by molar-refractivity contribution is -0.175. The summed E-state index contributed by atoms with van der Waals surface area (Å²) in [6, 6.07) is 0. The second-order valence-electron chi connectivity index (χ2n) is 5.43. The zero-order valence-corrected chi connectivity index (χ0v) is 13.7. The van der Waals surface area contributed by atoms with Gasteiger partial charge >= 0.3 is 23.9 Å². The second-order valence-corrected chi connectivity index (χ2v) is 5.43. The minimum absolute atomic E-state index is 0.119. The molecule has 0 aromatic carbocycles. The molecular formula is C15H20O8. The number of ketones is 1. The van der Waals surface area contributed by atoms with Crippen LogP contribution >= 0.6 is 0 Å². The summed E-state index contributed by atoms with van der Waals surface area (Å²) in [4.78, 5) is 57.5. The molecule has 0 aliphatic rings. The zero-order valence-electron chi connectivity index (χ0n) is 13.7. The molecule has 0 heterocycles. The van der Waals surface area contributed by atoms with E-state index in [0.717, 1.165) is 13.0 Å². The molecule has 0 rings (SSSR count). The van der Waals surface area contributed by atoms with Crippen LogP contribution in [-0.4, -0.2) is 42.4 Å². The smallest absolute Gasteiger partial charge is 0.363 e. The fraction of sp³-hybridized carbons (Fsp3) is 0.533. The van der Waals surface area contributed by atoms with Gasteiger partial charge in [-0.3, -0.25) is 9.59 Å². The first-order valence-corrected chi connectivity index (χ1v) is 6.81. The molecule has 0 saturated carbocycles. The molecule has 0 aromatic rings. The number of ether oxygens (including phenoxy) is 3. The molecule has 0 spiro atoms. The van der Waals surface area contributed by atoms with Gasteiger partial charge in [0.2, 0.25) is 0 Å². The Kier molecular flexibility index (Phi) is 7.86. The van der Waals surface area contributed by atoms with Gasteiger partial charge in [-0.15, -0.1) is 0 Å². The summed E-state index contributed by atoms with van der Waals surface area (Å²) < 4.78 is 13.6. The lowest BCUT2D eigenvalue weighted by atomic mass is 9.87. The Bertz CT molecular complexity index is 524. The molecule has 0 bridgehead atoms. The van der Waals surface area contributed by atoms with E-state index in [9.17, 15) is 24.0 Å². The molecule has 0 amide bonds. The van der Waals surface area contributed by atoms with E-state index in [1.807, 2.05) is 0 Å². The lowest BCUT2D eigenvalue weighted by Gasteiger charge is -2.22. The van der Waals surface area contributed by atoms with Gasteiger partial charge in [0.25, 0.3) is 6.10 Å². The van der Waals surface area contributed by atoms with E-state index in [1.54, 1.807) is 6.92 Å². The van der Waals surface area contributed by atoms with Crippen LogP contribution in [0.5, 0.6) is 0 Å². The monoisotopic (exact) mass is 328 g/mol. The van der Waals surface area contributed by atoms with Gasteiger partial charge < -0.3 is 14.2 Å². The van der Waals surface area contributed by atoms with E-state index in [4.69, 9.17) is 4.74 Å². The molecular weight excluding hydrogens is 308 g/mol. The van der Waals surface area contributed by atoms with Crippen LogP contribution in [0.15, 0.2) is 12.2 Å². The third-order valence-corrected chi connectivity index (χ3v) is 2.31. The lowest BCUT2D eigenvalue weighted by Crippen LogP contribution is -2.42. The molecule has 128 valence electrons. The first kappa shape index (κ1) is 20.5. The summed E-state index contributed by atoms with van der Waals surface area (Å²) in [5.74, 6) is -4.90. The predicted molar refractivity (Wildman–Crippen MR) is 76.9 cm³/mol. The topological polar surface area (TPSA) is 113 Å². The van der Waals surface area contributed by atoms with E-state index < -0.39 is 41.2 Å². The molecule has 0 aromatic heterocycles. The minimum Gasteiger partial charge on any atom is -0.463 e. The Balaban J connectivity index is 5.13. The Hall–Kier alpha value is -2.51. The molecule has 0 aliphatic heterocycles. The molecule has 8 nitrogen and oxygen atoms in total. The number of esters is 4. The van der Waals surface area contributed by atoms with Crippen molar-refractivity contribution in [2.75, 3.05) is 6.61 Å². The first-order valence-electron chi connectivity index (χ1n) is 6.81. The quantitative estimate of drug-likeness (QED) is 0.303. The van der Waals surface area contributed by atoms with Crippen molar-refractivity contribution in [2.24, 2.45) is 5.41 Å². The van der Waals surface area contributed by atoms with E-state index in [0.29, 0.717) is 6.08 Å².